The van der Waals surface area contributed by atoms with Gasteiger partial charge in [0.15, 0.2) is 0 Å². The zero-order valence-corrected chi connectivity index (χ0v) is 13.2. The molecule has 4 nitrogen and oxygen atoms in total. The van der Waals surface area contributed by atoms with E-state index in [1.54, 1.807) is 18.2 Å². The van der Waals surface area contributed by atoms with Gasteiger partial charge in [-0.25, -0.2) is 0 Å². The molecule has 0 fully saturated rings. The van der Waals surface area contributed by atoms with E-state index in [-0.39, 0.29) is 24.8 Å². The highest BCUT2D eigenvalue weighted by atomic mass is 35.5. The number of rotatable bonds is 4. The Morgan fingerprint density at radius 3 is 2.40 bits per heavy atom. The lowest BCUT2D eigenvalue weighted by Gasteiger charge is -2.17. The molecule has 0 aliphatic rings. The van der Waals surface area contributed by atoms with Gasteiger partial charge < -0.3 is 10.6 Å². The number of halogens is 2. The Labute approximate surface area is 128 Å². The van der Waals surface area contributed by atoms with Gasteiger partial charge in [-0.1, -0.05) is 44.0 Å². The van der Waals surface area contributed by atoms with Crippen molar-refractivity contribution in [3.63, 3.8) is 0 Å². The van der Waals surface area contributed by atoms with Crippen LogP contribution < -0.4 is 10.6 Å². The first-order valence-corrected chi connectivity index (χ1v) is 6.99. The van der Waals surface area contributed by atoms with Crippen molar-refractivity contribution in [3.8, 4) is 0 Å². The van der Waals surface area contributed by atoms with Gasteiger partial charge in [-0.2, -0.15) is 0 Å². The van der Waals surface area contributed by atoms with Crippen LogP contribution in [-0.2, 0) is 9.59 Å². The van der Waals surface area contributed by atoms with Crippen LogP contribution in [0.15, 0.2) is 18.2 Å². The molecule has 0 unspecified atom stereocenters. The molecular weight excluding hydrogens is 299 g/mol. The predicted molar refractivity (Wildman–Crippen MR) is 82.2 cm³/mol. The number of hydrogen-bond donors (Lipinski definition) is 2. The van der Waals surface area contributed by atoms with E-state index in [1.165, 1.54) is 0 Å². The Morgan fingerprint density at radius 1 is 1.20 bits per heavy atom. The molecule has 110 valence electrons. The second-order valence-electron chi connectivity index (χ2n) is 5.43. The quantitative estimate of drug-likeness (QED) is 0.893. The lowest BCUT2D eigenvalue weighted by atomic mass is 9.96. The summed E-state index contributed by atoms with van der Waals surface area (Å²) in [7, 11) is 0. The van der Waals surface area contributed by atoms with E-state index >= 15 is 0 Å². The van der Waals surface area contributed by atoms with E-state index in [4.69, 9.17) is 23.2 Å². The second kappa shape index (κ2) is 6.95. The van der Waals surface area contributed by atoms with Gasteiger partial charge in [0.2, 0.25) is 11.8 Å². The average Bonchev–Trinajstić information content (AvgIpc) is 2.31. The summed E-state index contributed by atoms with van der Waals surface area (Å²) in [5, 5.41) is 6.26. The van der Waals surface area contributed by atoms with Crippen molar-refractivity contribution >= 4 is 40.7 Å². The molecule has 1 rings (SSSR count). The molecule has 1 aromatic carbocycles. The van der Waals surface area contributed by atoms with E-state index < -0.39 is 5.41 Å². The summed E-state index contributed by atoms with van der Waals surface area (Å²) in [6.07, 6.45) is 0.181. The molecule has 1 aromatic rings. The largest absolute Gasteiger partial charge is 0.355 e. The fourth-order valence-electron chi connectivity index (χ4n) is 1.36. The molecule has 0 spiro atoms. The average molecular weight is 317 g/mol. The summed E-state index contributed by atoms with van der Waals surface area (Å²) in [6, 6.07) is 4.83. The van der Waals surface area contributed by atoms with Crippen LogP contribution in [0, 0.1) is 5.41 Å². The van der Waals surface area contributed by atoms with Crippen LogP contribution in [0.2, 0.25) is 10.0 Å². The number of anilines is 1. The smallest absolute Gasteiger partial charge is 0.226 e. The first-order chi connectivity index (χ1) is 9.20. The number of benzene rings is 1. The molecule has 2 N–H and O–H groups in total. The van der Waals surface area contributed by atoms with Gasteiger partial charge in [0, 0.05) is 23.4 Å². The summed E-state index contributed by atoms with van der Waals surface area (Å²) in [5.74, 6) is -0.307. The van der Waals surface area contributed by atoms with E-state index in [2.05, 4.69) is 10.6 Å². The van der Waals surface area contributed by atoms with Crippen LogP contribution in [0.3, 0.4) is 0 Å². The minimum Gasteiger partial charge on any atom is -0.355 e. The summed E-state index contributed by atoms with van der Waals surface area (Å²) in [5.41, 5.74) is 0.0406. The molecule has 0 radical (unpaired) electrons. The van der Waals surface area contributed by atoms with E-state index in [0.717, 1.165) is 0 Å². The third-order valence-electron chi connectivity index (χ3n) is 2.52. The third-order valence-corrected chi connectivity index (χ3v) is 3.07. The fraction of sp³-hybridized carbons (Fsp3) is 0.429. The summed E-state index contributed by atoms with van der Waals surface area (Å²) < 4.78 is 0. The van der Waals surface area contributed by atoms with Gasteiger partial charge in [0.1, 0.15) is 0 Å². The van der Waals surface area contributed by atoms with E-state index in [9.17, 15) is 9.59 Å². The standard InChI is InChI=1S/C14H18Cl2N2O2/c1-14(2,3)13(20)17-7-6-12(19)18-11-5-4-9(15)8-10(11)16/h4-5,8H,6-7H2,1-3H3,(H,17,20)(H,18,19). The normalized spacial score (nSPS) is 11.1. The van der Waals surface area contributed by atoms with Crippen molar-refractivity contribution in [2.45, 2.75) is 27.2 Å². The SMILES string of the molecule is CC(C)(C)C(=O)NCCC(=O)Nc1ccc(Cl)cc1Cl. The van der Waals surface area contributed by atoms with Crippen molar-refractivity contribution < 1.29 is 9.59 Å². The zero-order valence-electron chi connectivity index (χ0n) is 11.7. The highest BCUT2D eigenvalue weighted by Gasteiger charge is 2.20. The van der Waals surface area contributed by atoms with Crippen LogP contribution in [0.5, 0.6) is 0 Å². The molecule has 6 heteroatoms. The molecule has 20 heavy (non-hydrogen) atoms. The van der Waals surface area contributed by atoms with Crippen molar-refractivity contribution in [2.75, 3.05) is 11.9 Å². The minimum absolute atomic E-state index is 0.0881. The molecule has 0 saturated carbocycles. The molecule has 2 amide bonds. The second-order valence-corrected chi connectivity index (χ2v) is 6.27. The van der Waals surface area contributed by atoms with Crippen molar-refractivity contribution in [2.24, 2.45) is 5.41 Å². The lowest BCUT2D eigenvalue weighted by molar-refractivity contribution is -0.128. The van der Waals surface area contributed by atoms with E-state index in [0.29, 0.717) is 15.7 Å². The van der Waals surface area contributed by atoms with Gasteiger partial charge in [0.25, 0.3) is 0 Å². The highest BCUT2D eigenvalue weighted by Crippen LogP contribution is 2.25. The number of hydrogen-bond acceptors (Lipinski definition) is 2. The summed E-state index contributed by atoms with van der Waals surface area (Å²) in [4.78, 5) is 23.3. The Morgan fingerprint density at radius 2 is 1.85 bits per heavy atom. The monoisotopic (exact) mass is 316 g/mol. The topological polar surface area (TPSA) is 58.2 Å². The molecule has 0 atom stereocenters. The summed E-state index contributed by atoms with van der Waals surface area (Å²) in [6.45, 7) is 5.73. The van der Waals surface area contributed by atoms with Gasteiger partial charge in [-0.15, -0.1) is 0 Å². The number of amides is 2. The van der Waals surface area contributed by atoms with Gasteiger partial charge in [-0.3, -0.25) is 9.59 Å². The van der Waals surface area contributed by atoms with Crippen molar-refractivity contribution in [3.05, 3.63) is 28.2 Å². The number of nitrogens with one attached hydrogen (secondary N) is 2. The van der Waals surface area contributed by atoms with Crippen LogP contribution in [0.4, 0.5) is 5.69 Å². The molecule has 0 saturated heterocycles. The highest BCUT2D eigenvalue weighted by molar-refractivity contribution is 6.36. The Balaban J connectivity index is 2.43. The maximum absolute atomic E-state index is 11.7. The summed E-state index contributed by atoms with van der Waals surface area (Å²) >= 11 is 11.7. The zero-order chi connectivity index (χ0) is 15.3. The van der Waals surface area contributed by atoms with Crippen LogP contribution in [0.1, 0.15) is 27.2 Å². The number of carbonyl (C=O) groups excluding carboxylic acids is 2. The van der Waals surface area contributed by atoms with Crippen LogP contribution in [-0.4, -0.2) is 18.4 Å². The van der Waals surface area contributed by atoms with Gasteiger partial charge in [-0.05, 0) is 18.2 Å². The first kappa shape index (κ1) is 16.8. The third kappa shape index (κ3) is 5.39. The Bertz CT molecular complexity index is 510. The molecule has 0 aromatic heterocycles. The lowest BCUT2D eigenvalue weighted by Crippen LogP contribution is -2.36. The molecule has 0 heterocycles. The maximum Gasteiger partial charge on any atom is 0.226 e. The van der Waals surface area contributed by atoms with Gasteiger partial charge in [0.05, 0.1) is 10.7 Å². The number of carbonyl (C=O) groups is 2. The predicted octanol–water partition coefficient (Wildman–Crippen LogP) is 3.48. The Kier molecular flexibility index (Phi) is 5.84. The Hall–Kier alpha value is -1.26. The van der Waals surface area contributed by atoms with Crippen molar-refractivity contribution in [1.82, 2.24) is 5.32 Å². The van der Waals surface area contributed by atoms with Crippen LogP contribution in [0.25, 0.3) is 0 Å². The molecular formula is C14H18Cl2N2O2. The molecule has 0 bridgehead atoms. The van der Waals surface area contributed by atoms with Crippen LogP contribution >= 0.6 is 23.2 Å². The first-order valence-electron chi connectivity index (χ1n) is 6.23. The molecule has 0 aliphatic carbocycles. The maximum atomic E-state index is 11.7. The van der Waals surface area contributed by atoms with Gasteiger partial charge >= 0.3 is 0 Å². The molecule has 0 aliphatic heterocycles. The van der Waals surface area contributed by atoms with Crippen molar-refractivity contribution in [1.29, 1.82) is 0 Å². The minimum atomic E-state index is -0.462. The fourth-order valence-corrected chi connectivity index (χ4v) is 1.81. The van der Waals surface area contributed by atoms with E-state index in [1.807, 2.05) is 20.8 Å².